The molecule has 3 heteroatoms. The second kappa shape index (κ2) is 7.06. The van der Waals surface area contributed by atoms with Crippen molar-refractivity contribution in [3.63, 3.8) is 0 Å². The van der Waals surface area contributed by atoms with Crippen LogP contribution in [0.5, 0.6) is 0 Å². The SMILES string of the molecule is CCOCCCNc1cccc(I)c1. The van der Waals surface area contributed by atoms with Crippen LogP contribution >= 0.6 is 22.6 Å². The predicted octanol–water partition coefficient (Wildman–Crippen LogP) is 3.13. The van der Waals surface area contributed by atoms with Gasteiger partial charge in [0.25, 0.3) is 0 Å². The summed E-state index contributed by atoms with van der Waals surface area (Å²) in [5, 5.41) is 3.36. The quantitative estimate of drug-likeness (QED) is 0.644. The summed E-state index contributed by atoms with van der Waals surface area (Å²) in [5.41, 5.74) is 1.19. The Kier molecular flexibility index (Phi) is 5.94. The second-order valence-corrected chi connectivity index (χ2v) is 4.23. The van der Waals surface area contributed by atoms with Gasteiger partial charge in [-0.1, -0.05) is 6.07 Å². The molecule has 0 bridgehead atoms. The van der Waals surface area contributed by atoms with Crippen molar-refractivity contribution in [1.29, 1.82) is 0 Å². The van der Waals surface area contributed by atoms with Crippen LogP contribution < -0.4 is 5.32 Å². The molecule has 0 saturated carbocycles. The minimum atomic E-state index is 0.809. The molecule has 78 valence electrons. The van der Waals surface area contributed by atoms with E-state index in [0.717, 1.165) is 26.2 Å². The molecule has 0 aliphatic heterocycles. The van der Waals surface area contributed by atoms with Gasteiger partial charge in [-0.3, -0.25) is 0 Å². The molecule has 0 aliphatic carbocycles. The zero-order valence-electron chi connectivity index (χ0n) is 8.42. The average Bonchev–Trinajstić information content (AvgIpc) is 2.18. The lowest BCUT2D eigenvalue weighted by atomic mass is 10.3. The molecular formula is C11H16INO. The smallest absolute Gasteiger partial charge is 0.0482 e. The van der Waals surface area contributed by atoms with Crippen LogP contribution in [-0.4, -0.2) is 19.8 Å². The van der Waals surface area contributed by atoms with E-state index in [1.54, 1.807) is 0 Å². The Labute approximate surface area is 99.2 Å². The van der Waals surface area contributed by atoms with Crippen LogP contribution in [-0.2, 0) is 4.74 Å². The van der Waals surface area contributed by atoms with Crippen LogP contribution in [0.25, 0.3) is 0 Å². The molecule has 0 unspecified atom stereocenters. The molecule has 0 saturated heterocycles. The summed E-state index contributed by atoms with van der Waals surface area (Å²) in [6.45, 7) is 4.64. The van der Waals surface area contributed by atoms with E-state index in [-0.39, 0.29) is 0 Å². The molecule has 1 rings (SSSR count). The van der Waals surface area contributed by atoms with Crippen molar-refractivity contribution < 1.29 is 4.74 Å². The molecule has 1 aromatic rings. The molecule has 0 fully saturated rings. The molecule has 2 nitrogen and oxygen atoms in total. The van der Waals surface area contributed by atoms with Crippen LogP contribution in [0.4, 0.5) is 5.69 Å². The average molecular weight is 305 g/mol. The summed E-state index contributed by atoms with van der Waals surface area (Å²) < 4.78 is 6.52. The number of benzene rings is 1. The highest BCUT2D eigenvalue weighted by atomic mass is 127. The third-order valence-electron chi connectivity index (χ3n) is 1.82. The molecule has 0 heterocycles. The van der Waals surface area contributed by atoms with Gasteiger partial charge >= 0.3 is 0 Å². The molecule has 0 aromatic heterocycles. The molecule has 1 N–H and O–H groups in total. The first-order valence-electron chi connectivity index (χ1n) is 4.90. The minimum absolute atomic E-state index is 0.809. The molecule has 0 radical (unpaired) electrons. The Balaban J connectivity index is 2.18. The number of rotatable bonds is 6. The number of anilines is 1. The Morgan fingerprint density at radius 1 is 1.43 bits per heavy atom. The molecule has 0 atom stereocenters. The van der Waals surface area contributed by atoms with Crippen LogP contribution in [0.2, 0.25) is 0 Å². The van der Waals surface area contributed by atoms with Crippen molar-refractivity contribution in [3.05, 3.63) is 27.8 Å². The van der Waals surface area contributed by atoms with E-state index >= 15 is 0 Å². The number of hydrogen-bond acceptors (Lipinski definition) is 2. The summed E-state index contributed by atoms with van der Waals surface area (Å²) in [6, 6.07) is 8.38. The minimum Gasteiger partial charge on any atom is -0.385 e. The van der Waals surface area contributed by atoms with E-state index in [2.05, 4.69) is 52.2 Å². The summed E-state index contributed by atoms with van der Waals surface area (Å²) in [4.78, 5) is 0. The predicted molar refractivity (Wildman–Crippen MR) is 68.8 cm³/mol. The summed E-state index contributed by atoms with van der Waals surface area (Å²) >= 11 is 2.32. The van der Waals surface area contributed by atoms with Crippen LogP contribution in [0.1, 0.15) is 13.3 Å². The highest BCUT2D eigenvalue weighted by molar-refractivity contribution is 14.1. The number of nitrogens with one attached hydrogen (secondary N) is 1. The lowest BCUT2D eigenvalue weighted by molar-refractivity contribution is 0.147. The van der Waals surface area contributed by atoms with Gasteiger partial charge in [-0.25, -0.2) is 0 Å². The van der Waals surface area contributed by atoms with Gasteiger partial charge in [0.2, 0.25) is 0 Å². The zero-order chi connectivity index (χ0) is 10.2. The van der Waals surface area contributed by atoms with Crippen molar-refractivity contribution in [3.8, 4) is 0 Å². The molecule has 0 aliphatic rings. The maximum absolute atomic E-state index is 5.25. The zero-order valence-corrected chi connectivity index (χ0v) is 10.6. The van der Waals surface area contributed by atoms with E-state index in [9.17, 15) is 0 Å². The fraction of sp³-hybridized carbons (Fsp3) is 0.455. The third kappa shape index (κ3) is 4.81. The van der Waals surface area contributed by atoms with Crippen molar-refractivity contribution in [2.75, 3.05) is 25.1 Å². The van der Waals surface area contributed by atoms with Crippen molar-refractivity contribution in [1.82, 2.24) is 0 Å². The van der Waals surface area contributed by atoms with E-state index in [4.69, 9.17) is 4.74 Å². The summed E-state index contributed by atoms with van der Waals surface area (Å²) in [6.07, 6.45) is 1.05. The van der Waals surface area contributed by atoms with E-state index < -0.39 is 0 Å². The fourth-order valence-corrected chi connectivity index (χ4v) is 1.69. The van der Waals surface area contributed by atoms with Crippen molar-refractivity contribution in [2.24, 2.45) is 0 Å². The summed E-state index contributed by atoms with van der Waals surface area (Å²) in [5.74, 6) is 0. The van der Waals surface area contributed by atoms with Gasteiger partial charge in [0.1, 0.15) is 0 Å². The van der Waals surface area contributed by atoms with Gasteiger partial charge in [-0.15, -0.1) is 0 Å². The Bertz CT molecular complexity index is 265. The number of hydrogen-bond donors (Lipinski definition) is 1. The van der Waals surface area contributed by atoms with Gasteiger partial charge < -0.3 is 10.1 Å². The molecule has 0 amide bonds. The first-order valence-corrected chi connectivity index (χ1v) is 5.98. The van der Waals surface area contributed by atoms with Gasteiger partial charge in [0.15, 0.2) is 0 Å². The van der Waals surface area contributed by atoms with Crippen LogP contribution in [0.3, 0.4) is 0 Å². The first kappa shape index (κ1) is 11.8. The third-order valence-corrected chi connectivity index (χ3v) is 2.49. The monoisotopic (exact) mass is 305 g/mol. The summed E-state index contributed by atoms with van der Waals surface area (Å²) in [7, 11) is 0. The van der Waals surface area contributed by atoms with Gasteiger partial charge in [0, 0.05) is 29.0 Å². The largest absolute Gasteiger partial charge is 0.385 e. The van der Waals surface area contributed by atoms with Gasteiger partial charge in [-0.2, -0.15) is 0 Å². The van der Waals surface area contributed by atoms with Crippen molar-refractivity contribution in [2.45, 2.75) is 13.3 Å². The maximum Gasteiger partial charge on any atom is 0.0482 e. The van der Waals surface area contributed by atoms with Crippen LogP contribution in [0.15, 0.2) is 24.3 Å². The molecule has 1 aromatic carbocycles. The molecule has 14 heavy (non-hydrogen) atoms. The van der Waals surface area contributed by atoms with Gasteiger partial charge in [0.05, 0.1) is 0 Å². The highest BCUT2D eigenvalue weighted by Crippen LogP contribution is 2.11. The number of ether oxygens (including phenoxy) is 1. The van der Waals surface area contributed by atoms with Crippen molar-refractivity contribution >= 4 is 28.3 Å². The topological polar surface area (TPSA) is 21.3 Å². The van der Waals surface area contributed by atoms with Gasteiger partial charge in [-0.05, 0) is 54.1 Å². The normalized spacial score (nSPS) is 10.1. The highest BCUT2D eigenvalue weighted by Gasteiger charge is 1.92. The molecule has 0 spiro atoms. The Hall–Kier alpha value is -0.290. The lowest BCUT2D eigenvalue weighted by Crippen LogP contribution is -2.05. The fourth-order valence-electron chi connectivity index (χ4n) is 1.15. The maximum atomic E-state index is 5.25. The standard InChI is InChI=1S/C11H16INO/c1-2-14-8-4-7-13-11-6-3-5-10(12)9-11/h3,5-6,9,13H,2,4,7-8H2,1H3. The Morgan fingerprint density at radius 2 is 2.29 bits per heavy atom. The van der Waals surface area contributed by atoms with E-state index in [1.165, 1.54) is 9.26 Å². The lowest BCUT2D eigenvalue weighted by Gasteiger charge is -2.06. The number of halogens is 1. The first-order chi connectivity index (χ1) is 6.83. The Morgan fingerprint density at radius 3 is 3.00 bits per heavy atom. The second-order valence-electron chi connectivity index (χ2n) is 2.99. The molecular weight excluding hydrogens is 289 g/mol. The van der Waals surface area contributed by atoms with E-state index in [0.29, 0.717) is 0 Å². The van der Waals surface area contributed by atoms with Crippen LogP contribution in [0, 0.1) is 3.57 Å². The van der Waals surface area contributed by atoms with E-state index in [1.807, 2.05) is 6.92 Å².